The first-order valence-electron chi connectivity index (χ1n) is 5.93. The Morgan fingerprint density at radius 3 is 2.68 bits per heavy atom. The van der Waals surface area contributed by atoms with Crippen molar-refractivity contribution in [2.75, 3.05) is 5.32 Å². The van der Waals surface area contributed by atoms with Crippen molar-refractivity contribution in [3.05, 3.63) is 60.4 Å². The molecule has 0 saturated heterocycles. The zero-order valence-corrected chi connectivity index (χ0v) is 11.0. The van der Waals surface area contributed by atoms with E-state index in [4.69, 9.17) is 0 Å². The Bertz CT molecular complexity index is 637. The molecule has 0 aliphatic carbocycles. The Balaban J connectivity index is 1.69. The SMILES string of the molecule is c1ccc(CNc2nnc(-c3cccnc3)s2)cc1. The largest absolute Gasteiger partial charge is 0.356 e. The number of rotatable bonds is 4. The van der Waals surface area contributed by atoms with Crippen LogP contribution in [-0.2, 0) is 6.54 Å². The van der Waals surface area contributed by atoms with Gasteiger partial charge >= 0.3 is 0 Å². The van der Waals surface area contributed by atoms with Crippen molar-refractivity contribution in [2.45, 2.75) is 6.54 Å². The van der Waals surface area contributed by atoms with Crippen LogP contribution in [-0.4, -0.2) is 15.2 Å². The fourth-order valence-electron chi connectivity index (χ4n) is 1.67. The van der Waals surface area contributed by atoms with Gasteiger partial charge in [0.1, 0.15) is 0 Å². The Labute approximate surface area is 115 Å². The Morgan fingerprint density at radius 2 is 1.89 bits per heavy atom. The number of nitrogens with one attached hydrogen (secondary N) is 1. The monoisotopic (exact) mass is 268 g/mol. The van der Waals surface area contributed by atoms with Crippen LogP contribution in [0.1, 0.15) is 5.56 Å². The lowest BCUT2D eigenvalue weighted by atomic mass is 10.2. The Kier molecular flexibility index (Phi) is 3.47. The number of hydrogen-bond donors (Lipinski definition) is 1. The topological polar surface area (TPSA) is 50.7 Å². The standard InChI is InChI=1S/C14H12N4S/c1-2-5-11(6-3-1)9-16-14-18-17-13(19-14)12-7-4-8-15-10-12/h1-8,10H,9H2,(H,16,18). The quantitative estimate of drug-likeness (QED) is 0.789. The zero-order valence-electron chi connectivity index (χ0n) is 10.2. The van der Waals surface area contributed by atoms with E-state index in [2.05, 4.69) is 32.6 Å². The van der Waals surface area contributed by atoms with Crippen LogP contribution in [0.4, 0.5) is 5.13 Å². The van der Waals surface area contributed by atoms with E-state index in [9.17, 15) is 0 Å². The van der Waals surface area contributed by atoms with Gasteiger partial charge in [0, 0.05) is 24.5 Å². The molecule has 0 aliphatic heterocycles. The van der Waals surface area contributed by atoms with Crippen LogP contribution in [0.15, 0.2) is 54.9 Å². The average Bonchev–Trinajstić information content (AvgIpc) is 2.96. The molecule has 5 heteroatoms. The van der Waals surface area contributed by atoms with Gasteiger partial charge in [0.05, 0.1) is 0 Å². The van der Waals surface area contributed by atoms with E-state index in [-0.39, 0.29) is 0 Å². The molecule has 0 atom stereocenters. The summed E-state index contributed by atoms with van der Waals surface area (Å²) in [5, 5.41) is 13.3. The number of benzene rings is 1. The molecule has 0 amide bonds. The molecular formula is C14H12N4S. The molecule has 2 aromatic heterocycles. The van der Waals surface area contributed by atoms with Gasteiger partial charge in [0.15, 0.2) is 5.01 Å². The summed E-state index contributed by atoms with van der Waals surface area (Å²) in [7, 11) is 0. The van der Waals surface area contributed by atoms with Gasteiger partial charge in [0.25, 0.3) is 0 Å². The van der Waals surface area contributed by atoms with Crippen molar-refractivity contribution in [3.63, 3.8) is 0 Å². The summed E-state index contributed by atoms with van der Waals surface area (Å²) in [5.41, 5.74) is 2.22. The van der Waals surface area contributed by atoms with Crippen LogP contribution < -0.4 is 5.32 Å². The molecule has 0 aliphatic rings. The molecule has 4 nitrogen and oxygen atoms in total. The maximum Gasteiger partial charge on any atom is 0.206 e. The van der Waals surface area contributed by atoms with Gasteiger partial charge in [-0.05, 0) is 17.7 Å². The normalized spacial score (nSPS) is 10.3. The van der Waals surface area contributed by atoms with Crippen molar-refractivity contribution >= 4 is 16.5 Å². The van der Waals surface area contributed by atoms with E-state index < -0.39 is 0 Å². The first kappa shape index (κ1) is 11.8. The summed E-state index contributed by atoms with van der Waals surface area (Å²) < 4.78 is 0. The first-order chi connectivity index (χ1) is 9.42. The van der Waals surface area contributed by atoms with Crippen molar-refractivity contribution in [2.24, 2.45) is 0 Å². The van der Waals surface area contributed by atoms with Gasteiger partial charge < -0.3 is 5.32 Å². The average molecular weight is 268 g/mol. The van der Waals surface area contributed by atoms with Crippen molar-refractivity contribution in [1.29, 1.82) is 0 Å². The molecule has 19 heavy (non-hydrogen) atoms. The van der Waals surface area contributed by atoms with Crippen LogP contribution >= 0.6 is 11.3 Å². The lowest BCUT2D eigenvalue weighted by Crippen LogP contribution is -1.98. The molecule has 0 radical (unpaired) electrons. The number of hydrogen-bond acceptors (Lipinski definition) is 5. The van der Waals surface area contributed by atoms with Crippen LogP contribution in [0.5, 0.6) is 0 Å². The summed E-state index contributed by atoms with van der Waals surface area (Å²) in [6.07, 6.45) is 3.54. The first-order valence-corrected chi connectivity index (χ1v) is 6.75. The highest BCUT2D eigenvalue weighted by Gasteiger charge is 2.05. The number of pyridine rings is 1. The predicted octanol–water partition coefficient (Wildman–Crippen LogP) is 3.21. The van der Waals surface area contributed by atoms with E-state index in [0.29, 0.717) is 0 Å². The minimum atomic E-state index is 0.752. The van der Waals surface area contributed by atoms with Crippen LogP contribution in [0, 0.1) is 0 Å². The highest BCUT2D eigenvalue weighted by Crippen LogP contribution is 2.25. The van der Waals surface area contributed by atoms with Gasteiger partial charge in [0.2, 0.25) is 5.13 Å². The molecule has 94 valence electrons. The Hall–Kier alpha value is -2.27. The third-order valence-electron chi connectivity index (χ3n) is 2.62. The molecule has 3 aromatic rings. The lowest BCUT2D eigenvalue weighted by molar-refractivity contribution is 1.05. The molecular weight excluding hydrogens is 256 g/mol. The van der Waals surface area contributed by atoms with E-state index in [1.807, 2.05) is 30.3 Å². The molecule has 0 spiro atoms. The molecule has 0 saturated carbocycles. The molecule has 1 N–H and O–H groups in total. The smallest absolute Gasteiger partial charge is 0.206 e. The summed E-state index contributed by atoms with van der Waals surface area (Å²) in [6, 6.07) is 14.1. The third kappa shape index (κ3) is 2.95. The predicted molar refractivity (Wildman–Crippen MR) is 76.9 cm³/mol. The van der Waals surface area contributed by atoms with Gasteiger partial charge in [-0.15, -0.1) is 10.2 Å². The molecule has 0 bridgehead atoms. The van der Waals surface area contributed by atoms with Crippen LogP contribution in [0.25, 0.3) is 10.6 Å². The minimum Gasteiger partial charge on any atom is -0.356 e. The summed E-state index contributed by atoms with van der Waals surface area (Å²) >= 11 is 1.53. The lowest BCUT2D eigenvalue weighted by Gasteiger charge is -2.00. The van der Waals surface area contributed by atoms with Gasteiger partial charge in [-0.2, -0.15) is 0 Å². The highest BCUT2D eigenvalue weighted by atomic mass is 32.1. The second-order valence-corrected chi connectivity index (χ2v) is 4.97. The minimum absolute atomic E-state index is 0.752. The van der Waals surface area contributed by atoms with Gasteiger partial charge in [-0.1, -0.05) is 41.7 Å². The van der Waals surface area contributed by atoms with Crippen molar-refractivity contribution in [1.82, 2.24) is 15.2 Å². The van der Waals surface area contributed by atoms with E-state index in [0.717, 1.165) is 22.2 Å². The molecule has 1 aromatic carbocycles. The van der Waals surface area contributed by atoms with Crippen LogP contribution in [0.3, 0.4) is 0 Å². The Morgan fingerprint density at radius 1 is 1.00 bits per heavy atom. The molecule has 0 fully saturated rings. The van der Waals surface area contributed by atoms with E-state index in [1.165, 1.54) is 16.9 Å². The zero-order chi connectivity index (χ0) is 12.9. The van der Waals surface area contributed by atoms with Gasteiger partial charge in [-0.3, -0.25) is 4.98 Å². The fraction of sp³-hybridized carbons (Fsp3) is 0.0714. The van der Waals surface area contributed by atoms with Crippen molar-refractivity contribution < 1.29 is 0 Å². The van der Waals surface area contributed by atoms with E-state index in [1.54, 1.807) is 12.4 Å². The molecule has 2 heterocycles. The second-order valence-electron chi connectivity index (χ2n) is 3.99. The summed E-state index contributed by atoms with van der Waals surface area (Å²) in [4.78, 5) is 4.08. The number of nitrogens with zero attached hydrogens (tertiary/aromatic N) is 3. The molecule has 3 rings (SSSR count). The highest BCUT2D eigenvalue weighted by molar-refractivity contribution is 7.18. The summed E-state index contributed by atoms with van der Waals surface area (Å²) in [6.45, 7) is 0.752. The fourth-order valence-corrected chi connectivity index (χ4v) is 2.40. The van der Waals surface area contributed by atoms with Crippen molar-refractivity contribution in [3.8, 4) is 10.6 Å². The van der Waals surface area contributed by atoms with Gasteiger partial charge in [-0.25, -0.2) is 0 Å². The summed E-state index contributed by atoms with van der Waals surface area (Å²) in [5.74, 6) is 0. The number of anilines is 1. The maximum absolute atomic E-state index is 4.16. The molecule has 0 unspecified atom stereocenters. The third-order valence-corrected chi connectivity index (χ3v) is 3.55. The van der Waals surface area contributed by atoms with E-state index >= 15 is 0 Å². The maximum atomic E-state index is 4.16. The second kappa shape index (κ2) is 5.58. The number of aromatic nitrogens is 3. The van der Waals surface area contributed by atoms with Crippen LogP contribution in [0.2, 0.25) is 0 Å².